The van der Waals surface area contributed by atoms with Crippen molar-refractivity contribution >= 4 is 5.91 Å². The molecule has 7 nitrogen and oxygen atoms in total. The third-order valence-electron chi connectivity index (χ3n) is 4.56. The minimum absolute atomic E-state index is 0.0160. The standard InChI is InChI=1S/C21H24N4O3/c1-15(16-4-7-18(8-5-16)25-14-22-13-23-25)24-21(26)11-6-17-12-19(27-2)9-10-20(17)28-3/h4-5,7-10,12-15H,6,11H2,1-3H3,(H,24,26). The van der Waals surface area contributed by atoms with Crippen LogP contribution in [0.1, 0.15) is 30.5 Å². The number of aromatic nitrogens is 3. The molecule has 3 aromatic rings. The fourth-order valence-corrected chi connectivity index (χ4v) is 2.98. The zero-order chi connectivity index (χ0) is 19.9. The summed E-state index contributed by atoms with van der Waals surface area (Å²) in [6.45, 7) is 1.97. The first-order valence-electron chi connectivity index (χ1n) is 9.06. The van der Waals surface area contributed by atoms with Gasteiger partial charge in [-0.2, -0.15) is 5.10 Å². The number of aryl methyl sites for hydroxylation is 1. The fraction of sp³-hybridized carbons (Fsp3) is 0.286. The van der Waals surface area contributed by atoms with E-state index in [1.807, 2.05) is 49.4 Å². The highest BCUT2D eigenvalue weighted by Gasteiger charge is 2.12. The molecule has 1 unspecified atom stereocenters. The highest BCUT2D eigenvalue weighted by atomic mass is 16.5. The summed E-state index contributed by atoms with van der Waals surface area (Å²) in [5.74, 6) is 1.49. The average Bonchev–Trinajstić information content (AvgIpc) is 3.27. The smallest absolute Gasteiger partial charge is 0.220 e. The summed E-state index contributed by atoms with van der Waals surface area (Å²) < 4.78 is 12.3. The lowest BCUT2D eigenvalue weighted by molar-refractivity contribution is -0.121. The zero-order valence-electron chi connectivity index (χ0n) is 16.3. The van der Waals surface area contributed by atoms with Crippen LogP contribution >= 0.6 is 0 Å². The van der Waals surface area contributed by atoms with Gasteiger partial charge in [0.25, 0.3) is 0 Å². The summed E-state index contributed by atoms with van der Waals surface area (Å²) in [5, 5.41) is 7.15. The Balaban J connectivity index is 1.57. The number of ether oxygens (including phenoxy) is 2. The Bertz CT molecular complexity index is 908. The molecule has 0 fully saturated rings. The largest absolute Gasteiger partial charge is 0.497 e. The Kier molecular flexibility index (Phi) is 6.26. The minimum atomic E-state index is -0.0931. The lowest BCUT2D eigenvalue weighted by Gasteiger charge is -2.15. The summed E-state index contributed by atoms with van der Waals surface area (Å²) in [7, 11) is 3.24. The van der Waals surface area contributed by atoms with Gasteiger partial charge in [0.1, 0.15) is 24.2 Å². The fourth-order valence-electron chi connectivity index (χ4n) is 2.98. The summed E-state index contributed by atoms with van der Waals surface area (Å²) in [5.41, 5.74) is 2.89. The molecule has 28 heavy (non-hydrogen) atoms. The second kappa shape index (κ2) is 9.03. The Morgan fingerprint density at radius 1 is 1.14 bits per heavy atom. The van der Waals surface area contributed by atoms with Crippen molar-refractivity contribution in [1.82, 2.24) is 20.1 Å². The molecule has 1 aromatic heterocycles. The number of hydrogen-bond donors (Lipinski definition) is 1. The monoisotopic (exact) mass is 380 g/mol. The molecule has 0 saturated heterocycles. The minimum Gasteiger partial charge on any atom is -0.497 e. The molecular formula is C21H24N4O3. The molecule has 0 saturated carbocycles. The number of amides is 1. The van der Waals surface area contributed by atoms with Crippen molar-refractivity contribution in [3.05, 3.63) is 66.2 Å². The molecular weight excluding hydrogens is 356 g/mol. The second-order valence-electron chi connectivity index (χ2n) is 6.40. The van der Waals surface area contributed by atoms with Gasteiger partial charge in [-0.25, -0.2) is 9.67 Å². The normalized spacial score (nSPS) is 11.7. The first-order valence-corrected chi connectivity index (χ1v) is 9.06. The van der Waals surface area contributed by atoms with E-state index in [0.717, 1.165) is 28.3 Å². The van der Waals surface area contributed by atoms with Gasteiger partial charge in [0, 0.05) is 6.42 Å². The molecule has 2 aromatic carbocycles. The quantitative estimate of drug-likeness (QED) is 0.650. The maximum Gasteiger partial charge on any atom is 0.220 e. The molecule has 1 heterocycles. The van der Waals surface area contributed by atoms with Crippen molar-refractivity contribution in [2.75, 3.05) is 14.2 Å². The number of carbonyl (C=O) groups is 1. The van der Waals surface area contributed by atoms with Crippen molar-refractivity contribution in [1.29, 1.82) is 0 Å². The lowest BCUT2D eigenvalue weighted by Crippen LogP contribution is -2.26. The van der Waals surface area contributed by atoms with Crippen molar-refractivity contribution in [2.45, 2.75) is 25.8 Å². The summed E-state index contributed by atoms with van der Waals surface area (Å²) >= 11 is 0. The van der Waals surface area contributed by atoms with E-state index >= 15 is 0 Å². The molecule has 146 valence electrons. The van der Waals surface area contributed by atoms with E-state index in [4.69, 9.17) is 9.47 Å². The molecule has 0 bridgehead atoms. The molecule has 0 spiro atoms. The van der Waals surface area contributed by atoms with Crippen molar-refractivity contribution in [3.8, 4) is 17.2 Å². The van der Waals surface area contributed by atoms with Gasteiger partial charge in [-0.3, -0.25) is 4.79 Å². The third kappa shape index (κ3) is 4.68. The second-order valence-corrected chi connectivity index (χ2v) is 6.40. The van der Waals surface area contributed by atoms with E-state index in [9.17, 15) is 4.79 Å². The SMILES string of the molecule is COc1ccc(OC)c(CCC(=O)NC(C)c2ccc(-n3cncn3)cc2)c1. The zero-order valence-corrected chi connectivity index (χ0v) is 16.3. The Hall–Kier alpha value is -3.35. The van der Waals surface area contributed by atoms with Crippen LogP contribution in [0.2, 0.25) is 0 Å². The summed E-state index contributed by atoms with van der Waals surface area (Å²) in [4.78, 5) is 16.3. The van der Waals surface area contributed by atoms with Gasteiger partial charge >= 0.3 is 0 Å². The van der Waals surface area contributed by atoms with Crippen LogP contribution in [-0.2, 0) is 11.2 Å². The van der Waals surface area contributed by atoms with E-state index in [1.54, 1.807) is 25.2 Å². The van der Waals surface area contributed by atoms with Crippen LogP contribution in [0.3, 0.4) is 0 Å². The van der Waals surface area contributed by atoms with Crippen LogP contribution in [-0.4, -0.2) is 34.9 Å². The van der Waals surface area contributed by atoms with Crippen LogP contribution in [0.15, 0.2) is 55.1 Å². The number of nitrogens with zero attached hydrogens (tertiary/aromatic N) is 3. The van der Waals surface area contributed by atoms with Crippen LogP contribution in [0.5, 0.6) is 11.5 Å². The van der Waals surface area contributed by atoms with Gasteiger partial charge in [0.2, 0.25) is 5.91 Å². The maximum atomic E-state index is 12.4. The maximum absolute atomic E-state index is 12.4. The van der Waals surface area contributed by atoms with E-state index in [0.29, 0.717) is 12.8 Å². The third-order valence-corrected chi connectivity index (χ3v) is 4.56. The van der Waals surface area contributed by atoms with Crippen molar-refractivity contribution in [2.24, 2.45) is 0 Å². The first-order chi connectivity index (χ1) is 13.6. The Morgan fingerprint density at radius 3 is 2.57 bits per heavy atom. The van der Waals surface area contributed by atoms with E-state index < -0.39 is 0 Å². The molecule has 1 amide bonds. The van der Waals surface area contributed by atoms with Crippen molar-refractivity contribution in [3.63, 3.8) is 0 Å². The predicted octanol–water partition coefficient (Wildman–Crippen LogP) is 3.09. The average molecular weight is 380 g/mol. The number of nitrogens with one attached hydrogen (secondary N) is 1. The molecule has 0 radical (unpaired) electrons. The van der Waals surface area contributed by atoms with Crippen molar-refractivity contribution < 1.29 is 14.3 Å². The molecule has 3 rings (SSSR count). The van der Waals surface area contributed by atoms with Crippen LogP contribution in [0, 0.1) is 0 Å². The molecule has 7 heteroatoms. The molecule has 1 atom stereocenters. The van der Waals surface area contributed by atoms with E-state index in [-0.39, 0.29) is 11.9 Å². The van der Waals surface area contributed by atoms with Gasteiger partial charge in [-0.05, 0) is 54.8 Å². The highest BCUT2D eigenvalue weighted by Crippen LogP contribution is 2.25. The van der Waals surface area contributed by atoms with Crippen LogP contribution in [0.4, 0.5) is 0 Å². The van der Waals surface area contributed by atoms with Crippen LogP contribution < -0.4 is 14.8 Å². The molecule has 0 aliphatic rings. The highest BCUT2D eigenvalue weighted by molar-refractivity contribution is 5.76. The van der Waals surface area contributed by atoms with Crippen LogP contribution in [0.25, 0.3) is 5.69 Å². The van der Waals surface area contributed by atoms with Gasteiger partial charge in [-0.1, -0.05) is 12.1 Å². The lowest BCUT2D eigenvalue weighted by atomic mass is 10.1. The Labute approximate surface area is 164 Å². The summed E-state index contributed by atoms with van der Waals surface area (Å²) in [6.07, 6.45) is 4.08. The van der Waals surface area contributed by atoms with E-state index in [1.165, 1.54) is 6.33 Å². The summed E-state index contributed by atoms with van der Waals surface area (Å²) in [6, 6.07) is 13.4. The van der Waals surface area contributed by atoms with Gasteiger partial charge in [0.15, 0.2) is 0 Å². The molecule has 1 N–H and O–H groups in total. The topological polar surface area (TPSA) is 78.3 Å². The van der Waals surface area contributed by atoms with Gasteiger partial charge < -0.3 is 14.8 Å². The number of hydrogen-bond acceptors (Lipinski definition) is 5. The number of rotatable bonds is 8. The number of carbonyl (C=O) groups excluding carboxylic acids is 1. The number of benzene rings is 2. The number of methoxy groups -OCH3 is 2. The Morgan fingerprint density at radius 2 is 1.93 bits per heavy atom. The molecule has 0 aliphatic heterocycles. The predicted molar refractivity (Wildman–Crippen MR) is 106 cm³/mol. The van der Waals surface area contributed by atoms with Gasteiger partial charge in [-0.15, -0.1) is 0 Å². The van der Waals surface area contributed by atoms with Gasteiger partial charge in [0.05, 0.1) is 25.9 Å². The molecule has 0 aliphatic carbocycles. The first kappa shape index (κ1) is 19.4. The van der Waals surface area contributed by atoms with E-state index in [2.05, 4.69) is 15.4 Å².